The number of methoxy groups -OCH3 is 2. The molecule has 4 spiro atoms. The minimum absolute atomic E-state index is 0.0284. The maximum absolute atomic E-state index is 13.8. The van der Waals surface area contributed by atoms with Crippen LogP contribution < -0.4 is 41.8 Å². The van der Waals surface area contributed by atoms with Crippen molar-refractivity contribution in [3.63, 3.8) is 0 Å². The van der Waals surface area contributed by atoms with Crippen LogP contribution in [0.1, 0.15) is 248 Å². The average molecular weight is 1650 g/mol. The molecule has 7 N–H and O–H groups in total. The van der Waals surface area contributed by atoms with Gasteiger partial charge in [0.05, 0.1) is 61.2 Å². The lowest BCUT2D eigenvalue weighted by Crippen LogP contribution is -2.44. The van der Waals surface area contributed by atoms with Gasteiger partial charge in [-0.15, -0.1) is 0 Å². The van der Waals surface area contributed by atoms with Gasteiger partial charge >= 0.3 is 0 Å². The zero-order chi connectivity index (χ0) is 83.6. The fourth-order valence-electron chi connectivity index (χ4n) is 18.7. The zero-order valence-electron chi connectivity index (χ0n) is 67.6. The first-order chi connectivity index (χ1) is 57.7. The van der Waals surface area contributed by atoms with E-state index in [1.807, 2.05) is 93.6 Å². The molecule has 8 aliphatic rings. The van der Waals surface area contributed by atoms with Crippen LogP contribution >= 0.6 is 15.9 Å². The molecule has 119 heavy (non-hydrogen) atoms. The first-order valence-corrected chi connectivity index (χ1v) is 41.2. The minimum atomic E-state index is -0.323. The maximum Gasteiger partial charge on any atom is 0.255 e. The Morgan fingerprint density at radius 1 is 0.420 bits per heavy atom. The number of benzene rings is 6. The van der Waals surface area contributed by atoms with Gasteiger partial charge in [0.25, 0.3) is 23.6 Å². The number of aryl methyl sites for hydroxylation is 4. The van der Waals surface area contributed by atoms with E-state index < -0.39 is 0 Å². The molecule has 4 fully saturated rings. The number of aromatic nitrogens is 8. The smallest absolute Gasteiger partial charge is 0.255 e. The fourth-order valence-corrected chi connectivity index (χ4v) is 19.3. The lowest BCUT2D eigenvalue weighted by Gasteiger charge is -2.42. The third kappa shape index (κ3) is 16.8. The van der Waals surface area contributed by atoms with Crippen molar-refractivity contribution in [3.05, 3.63) is 252 Å². The molecule has 4 aliphatic heterocycles. The molecule has 604 valence electrons. The SMILES string of the molecule is COc1ccc(CN2C(=O)c3c(C)cc(Br)cc3C23CCCCC3)cc1.COc1ccc(CN2C(=O)c3c(C)cc(Nc4ncncc4C#N)cc3C23CCCCC3)cc1.Cc1cc(Nc2ncncc2C#N)cc2c1C(=O)NC21CCCCC1.Cc1cc(Nc2ncncc2C#N)cc2c1C(=O)NC21CCCCC1.N#Cc1cncnc1N. The third-order valence-corrected chi connectivity index (χ3v) is 24.8. The molecule has 18 rings (SSSR count). The molecule has 8 heterocycles. The number of hydrogen-bond donors (Lipinski definition) is 6. The van der Waals surface area contributed by atoms with Crippen LogP contribution in [0.3, 0.4) is 0 Å². The summed E-state index contributed by atoms with van der Waals surface area (Å²) >= 11 is 3.64. The van der Waals surface area contributed by atoms with Gasteiger partial charge in [-0.2, -0.15) is 21.0 Å². The summed E-state index contributed by atoms with van der Waals surface area (Å²) < 4.78 is 11.6. The number of carbonyl (C=O) groups excluding carboxylic acids is 4. The van der Waals surface area contributed by atoms with Gasteiger partial charge < -0.3 is 51.6 Å². The van der Waals surface area contributed by atoms with E-state index in [1.165, 1.54) is 94.2 Å². The molecule has 27 heteroatoms. The number of amides is 4. The molecule has 4 aromatic heterocycles. The van der Waals surface area contributed by atoms with E-state index >= 15 is 0 Å². The summed E-state index contributed by atoms with van der Waals surface area (Å²) in [5.74, 6) is 3.64. The van der Waals surface area contributed by atoms with Crippen LogP contribution in [0.2, 0.25) is 0 Å². The van der Waals surface area contributed by atoms with Gasteiger partial charge in [-0.1, -0.05) is 117 Å². The Hall–Kier alpha value is -13.2. The van der Waals surface area contributed by atoms with Crippen molar-refractivity contribution in [1.29, 1.82) is 21.0 Å². The molecule has 4 amide bonds. The van der Waals surface area contributed by atoms with Crippen LogP contribution in [0.4, 0.5) is 40.3 Å². The molecular weight excluding hydrogens is 1560 g/mol. The molecule has 0 saturated heterocycles. The zero-order valence-corrected chi connectivity index (χ0v) is 69.2. The summed E-state index contributed by atoms with van der Waals surface area (Å²) in [6.07, 6.45) is 33.2. The van der Waals surface area contributed by atoms with Gasteiger partial charge in [0, 0.05) is 56.9 Å². The molecule has 6 aromatic carbocycles. The quantitative estimate of drug-likeness (QED) is 0.0661. The molecule has 0 bridgehead atoms. The molecule has 4 aliphatic carbocycles. The van der Waals surface area contributed by atoms with Gasteiger partial charge in [0.1, 0.15) is 89.2 Å². The highest BCUT2D eigenvalue weighted by Gasteiger charge is 2.53. The topological polar surface area (TPSA) is 378 Å². The van der Waals surface area contributed by atoms with Crippen molar-refractivity contribution in [1.82, 2.24) is 60.3 Å². The van der Waals surface area contributed by atoms with E-state index in [-0.39, 0.29) is 51.6 Å². The highest BCUT2D eigenvalue weighted by atomic mass is 79.9. The molecule has 0 unspecified atom stereocenters. The van der Waals surface area contributed by atoms with Crippen LogP contribution in [0.15, 0.2) is 152 Å². The standard InChI is InChI=1S/C27H27N5O2.C22H24BrNO2.2C19H19N5O.C5H4N4/c1-18-12-21(31-25-20(14-28)15-29-17-30-25)13-23-24(18)26(33)32(27(23)10-4-3-5-11-27)16-19-6-8-22(34-2)9-7-19;1-15-12-17(23)13-19-20(15)21(25)24(22(19)10-4-3-5-11-22)14-16-6-8-18(26-2)9-7-16;2*1-12-7-14(23-17-13(9-20)10-21-11-22-17)8-15-16(12)18(25)24-19(15)5-3-2-4-6-19;6-1-4-2-8-3-9-5(4)7/h6-9,12-13,15,17H,3-5,10-11,16H2,1-2H3,(H,29,30,31);6-9,12-13H,3-5,10-11,14H2,1-2H3;2*7-8,10-11H,2-6H2,1H3,(H,24,25)(H,21,22,23);2-3H,(H2,7,8,9). The second-order valence-corrected chi connectivity index (χ2v) is 32.6. The number of halogens is 1. The highest BCUT2D eigenvalue weighted by Crippen LogP contribution is 2.54. The number of nitrogens with one attached hydrogen (secondary N) is 5. The van der Waals surface area contributed by atoms with E-state index in [1.54, 1.807) is 14.2 Å². The minimum Gasteiger partial charge on any atom is -0.497 e. The summed E-state index contributed by atoms with van der Waals surface area (Å²) in [5, 5.41) is 52.4. The van der Waals surface area contributed by atoms with Gasteiger partial charge in [-0.25, -0.2) is 39.9 Å². The Balaban J connectivity index is 0.000000126. The first kappa shape index (κ1) is 82.3. The van der Waals surface area contributed by atoms with Crippen molar-refractivity contribution in [2.24, 2.45) is 0 Å². The number of anilines is 7. The molecule has 4 saturated carbocycles. The maximum atomic E-state index is 13.8. The number of rotatable bonds is 12. The molecule has 26 nitrogen and oxygen atoms in total. The van der Waals surface area contributed by atoms with Gasteiger partial charge in [-0.05, 0) is 207 Å². The number of fused-ring (bicyclic) bond motifs is 8. The monoisotopic (exact) mass is 1650 g/mol. The van der Waals surface area contributed by atoms with Crippen LogP contribution in [-0.4, -0.2) is 87.5 Å². The number of ether oxygens (including phenoxy) is 2. The van der Waals surface area contributed by atoms with Crippen LogP contribution in [-0.2, 0) is 35.2 Å². The van der Waals surface area contributed by atoms with Crippen LogP contribution in [0.25, 0.3) is 0 Å². The lowest BCUT2D eigenvalue weighted by atomic mass is 9.76. The third-order valence-electron chi connectivity index (χ3n) is 24.4. The molecule has 10 aromatic rings. The number of nitrogens with zero attached hydrogens (tertiary/aromatic N) is 14. The van der Waals surface area contributed by atoms with E-state index in [4.69, 9.17) is 20.5 Å². The molecular formula is C92H93BrN20O6. The summed E-state index contributed by atoms with van der Waals surface area (Å²) in [6, 6.07) is 40.4. The number of nitriles is 4. The predicted octanol–water partition coefficient (Wildman–Crippen LogP) is 17.3. The summed E-state index contributed by atoms with van der Waals surface area (Å²) in [5.41, 5.74) is 22.2. The second-order valence-electron chi connectivity index (χ2n) is 31.6. The largest absolute Gasteiger partial charge is 0.497 e. The van der Waals surface area contributed by atoms with Crippen molar-refractivity contribution >= 4 is 79.9 Å². The van der Waals surface area contributed by atoms with Crippen molar-refractivity contribution in [3.8, 4) is 35.8 Å². The molecule has 0 atom stereocenters. The number of nitrogens with two attached hydrogens (primary N) is 1. The average Bonchev–Trinajstić information content (AvgIpc) is 1.60. The summed E-state index contributed by atoms with van der Waals surface area (Å²) in [6.45, 7) is 9.15. The molecule has 0 radical (unpaired) electrons. The number of nitrogen functional groups attached to an aromatic ring is 1. The van der Waals surface area contributed by atoms with Gasteiger partial charge in [0.2, 0.25) is 0 Å². The van der Waals surface area contributed by atoms with E-state index in [2.05, 4.69) is 148 Å². The van der Waals surface area contributed by atoms with Crippen molar-refractivity contribution in [2.75, 3.05) is 35.9 Å². The first-order valence-electron chi connectivity index (χ1n) is 40.4. The fraction of sp³-hybridized carbons (Fsp3) is 0.348. The Bertz CT molecular complexity index is 5560. The van der Waals surface area contributed by atoms with Crippen LogP contribution in [0, 0.1) is 73.0 Å². The normalized spacial score (nSPS) is 16.7. The Labute approximate surface area is 700 Å². The van der Waals surface area contributed by atoms with Gasteiger partial charge in [0.15, 0.2) is 17.5 Å². The highest BCUT2D eigenvalue weighted by molar-refractivity contribution is 9.10. The summed E-state index contributed by atoms with van der Waals surface area (Å²) in [4.78, 5) is 88.0. The van der Waals surface area contributed by atoms with Crippen molar-refractivity contribution < 1.29 is 28.7 Å². The number of hydrogen-bond acceptors (Lipinski definition) is 22. The predicted molar refractivity (Wildman–Crippen MR) is 453 cm³/mol. The van der Waals surface area contributed by atoms with E-state index in [0.717, 1.165) is 195 Å². The van der Waals surface area contributed by atoms with Gasteiger partial charge in [-0.3, -0.25) is 19.2 Å². The number of carbonyl (C=O) groups is 4. The Morgan fingerprint density at radius 2 is 0.739 bits per heavy atom. The second kappa shape index (κ2) is 35.7. The van der Waals surface area contributed by atoms with Crippen molar-refractivity contribution in [2.45, 2.75) is 191 Å². The Morgan fingerprint density at radius 3 is 1.08 bits per heavy atom. The Kier molecular flexibility index (Phi) is 24.7. The lowest BCUT2D eigenvalue weighted by molar-refractivity contribution is 0.0380. The summed E-state index contributed by atoms with van der Waals surface area (Å²) in [7, 11) is 3.33. The van der Waals surface area contributed by atoms with E-state index in [9.17, 15) is 35.0 Å². The van der Waals surface area contributed by atoms with E-state index in [0.29, 0.717) is 52.8 Å². The van der Waals surface area contributed by atoms with Crippen LogP contribution in [0.5, 0.6) is 11.5 Å².